The van der Waals surface area contributed by atoms with Gasteiger partial charge in [-0.15, -0.1) is 0 Å². The van der Waals surface area contributed by atoms with E-state index in [-0.39, 0.29) is 0 Å². The Morgan fingerprint density at radius 3 is 2.67 bits per heavy atom. The fourth-order valence-electron chi connectivity index (χ4n) is 2.61. The van der Waals surface area contributed by atoms with E-state index >= 15 is 0 Å². The minimum Gasteiger partial charge on any atom is -0.356 e. The third-order valence-corrected chi connectivity index (χ3v) is 3.55. The average Bonchev–Trinajstić information content (AvgIpc) is 2.47. The van der Waals surface area contributed by atoms with E-state index in [0.717, 1.165) is 35.2 Å². The Morgan fingerprint density at radius 1 is 1.11 bits per heavy atom. The molecular formula is C15H15N3. The molecule has 1 saturated heterocycles. The summed E-state index contributed by atoms with van der Waals surface area (Å²) in [5, 5.41) is 11.5. The summed E-state index contributed by atoms with van der Waals surface area (Å²) in [5.74, 6) is 0.857. The molecule has 0 N–H and O–H groups in total. The second-order valence-electron chi connectivity index (χ2n) is 4.70. The lowest BCUT2D eigenvalue weighted by atomic mass is 10.1. The first-order chi connectivity index (χ1) is 8.90. The van der Waals surface area contributed by atoms with E-state index in [1.807, 2.05) is 30.5 Å². The molecule has 1 aromatic heterocycles. The van der Waals surface area contributed by atoms with E-state index < -0.39 is 0 Å². The molecule has 1 aromatic carbocycles. The van der Waals surface area contributed by atoms with Crippen LogP contribution in [0.2, 0.25) is 0 Å². The summed E-state index contributed by atoms with van der Waals surface area (Å²) in [6, 6.07) is 10.3. The molecule has 0 bridgehead atoms. The predicted molar refractivity (Wildman–Crippen MR) is 72.5 cm³/mol. The van der Waals surface area contributed by atoms with Crippen molar-refractivity contribution in [3.63, 3.8) is 0 Å². The van der Waals surface area contributed by atoms with E-state index in [1.54, 1.807) is 0 Å². The van der Waals surface area contributed by atoms with Gasteiger partial charge in [0.05, 0.1) is 0 Å². The van der Waals surface area contributed by atoms with Gasteiger partial charge < -0.3 is 4.90 Å². The Bertz CT molecular complexity index is 607. The summed E-state index contributed by atoms with van der Waals surface area (Å²) in [5.41, 5.74) is 0.718. The number of pyridine rings is 1. The highest BCUT2D eigenvalue weighted by Gasteiger charge is 2.17. The van der Waals surface area contributed by atoms with Gasteiger partial charge in [0.1, 0.15) is 17.5 Å². The van der Waals surface area contributed by atoms with Crippen molar-refractivity contribution in [1.82, 2.24) is 4.98 Å². The fourth-order valence-corrected chi connectivity index (χ4v) is 2.61. The molecule has 90 valence electrons. The van der Waals surface area contributed by atoms with Gasteiger partial charge in [-0.05, 0) is 19.3 Å². The molecule has 2 aromatic rings. The van der Waals surface area contributed by atoms with Crippen LogP contribution in [0.3, 0.4) is 0 Å². The molecule has 1 aliphatic rings. The molecule has 1 aliphatic heterocycles. The number of fused-ring (bicyclic) bond motifs is 1. The number of nitrogens with zero attached hydrogens (tertiary/aromatic N) is 3. The Labute approximate surface area is 107 Å². The van der Waals surface area contributed by atoms with Gasteiger partial charge in [-0.3, -0.25) is 0 Å². The molecule has 3 nitrogen and oxygen atoms in total. The van der Waals surface area contributed by atoms with Gasteiger partial charge in [-0.2, -0.15) is 5.26 Å². The summed E-state index contributed by atoms with van der Waals surface area (Å²) >= 11 is 0. The van der Waals surface area contributed by atoms with Crippen molar-refractivity contribution in [1.29, 1.82) is 5.26 Å². The van der Waals surface area contributed by atoms with Crippen LogP contribution in [0.1, 0.15) is 24.8 Å². The van der Waals surface area contributed by atoms with Crippen molar-refractivity contribution >= 4 is 16.6 Å². The van der Waals surface area contributed by atoms with E-state index in [9.17, 15) is 5.26 Å². The molecule has 0 atom stereocenters. The second kappa shape index (κ2) is 4.66. The lowest BCUT2D eigenvalue weighted by Crippen LogP contribution is -2.30. The summed E-state index contributed by atoms with van der Waals surface area (Å²) in [6.07, 6.45) is 5.55. The molecule has 0 spiro atoms. The van der Waals surface area contributed by atoms with Crippen LogP contribution in [-0.4, -0.2) is 18.1 Å². The standard InChI is InChI=1S/C15H15N3/c16-10-14-13-7-3-2-6-12(13)11-17-15(14)18-8-4-1-5-9-18/h2-3,6-7,11H,1,4-5,8-9H2. The molecular weight excluding hydrogens is 222 g/mol. The molecule has 3 rings (SSSR count). The van der Waals surface area contributed by atoms with Crippen LogP contribution in [0.15, 0.2) is 30.5 Å². The highest BCUT2D eigenvalue weighted by atomic mass is 15.2. The number of benzene rings is 1. The van der Waals surface area contributed by atoms with Crippen LogP contribution < -0.4 is 4.90 Å². The Kier molecular flexibility index (Phi) is 2.85. The maximum atomic E-state index is 9.43. The second-order valence-corrected chi connectivity index (χ2v) is 4.70. The zero-order chi connectivity index (χ0) is 12.4. The van der Waals surface area contributed by atoms with Gasteiger partial charge in [-0.25, -0.2) is 4.98 Å². The number of nitriles is 1. The number of aromatic nitrogens is 1. The van der Waals surface area contributed by atoms with E-state index in [4.69, 9.17) is 0 Å². The Hall–Kier alpha value is -2.08. The van der Waals surface area contributed by atoms with Crippen LogP contribution in [0.25, 0.3) is 10.8 Å². The lowest BCUT2D eigenvalue weighted by Gasteiger charge is -2.28. The van der Waals surface area contributed by atoms with Crippen molar-refractivity contribution < 1.29 is 0 Å². The highest BCUT2D eigenvalue weighted by Crippen LogP contribution is 2.27. The molecule has 1 fully saturated rings. The molecule has 0 saturated carbocycles. The number of hydrogen-bond acceptors (Lipinski definition) is 3. The number of piperidine rings is 1. The third kappa shape index (κ3) is 1.80. The molecule has 0 amide bonds. The average molecular weight is 237 g/mol. The van der Waals surface area contributed by atoms with Crippen LogP contribution in [0.4, 0.5) is 5.82 Å². The van der Waals surface area contributed by atoms with Crippen LogP contribution in [0, 0.1) is 11.3 Å². The summed E-state index contributed by atoms with van der Waals surface area (Å²) < 4.78 is 0. The van der Waals surface area contributed by atoms with Crippen LogP contribution in [0.5, 0.6) is 0 Å². The SMILES string of the molecule is N#Cc1c(N2CCCCC2)ncc2ccccc12. The summed E-state index contributed by atoms with van der Waals surface area (Å²) in [6.45, 7) is 2.03. The van der Waals surface area contributed by atoms with Crippen molar-refractivity contribution in [2.75, 3.05) is 18.0 Å². The minimum absolute atomic E-state index is 0.718. The predicted octanol–water partition coefficient (Wildman–Crippen LogP) is 3.10. The quantitative estimate of drug-likeness (QED) is 0.765. The summed E-state index contributed by atoms with van der Waals surface area (Å²) in [4.78, 5) is 6.75. The van der Waals surface area contributed by atoms with E-state index in [2.05, 4.69) is 16.0 Å². The van der Waals surface area contributed by atoms with Crippen molar-refractivity contribution in [3.8, 4) is 6.07 Å². The lowest BCUT2D eigenvalue weighted by molar-refractivity contribution is 0.573. The zero-order valence-electron chi connectivity index (χ0n) is 10.3. The molecule has 3 heteroatoms. The maximum absolute atomic E-state index is 9.43. The minimum atomic E-state index is 0.718. The van der Waals surface area contributed by atoms with Gasteiger partial charge in [-0.1, -0.05) is 24.3 Å². The van der Waals surface area contributed by atoms with Crippen molar-refractivity contribution in [2.45, 2.75) is 19.3 Å². The van der Waals surface area contributed by atoms with Gasteiger partial charge in [0, 0.05) is 30.1 Å². The molecule has 18 heavy (non-hydrogen) atoms. The van der Waals surface area contributed by atoms with Gasteiger partial charge in [0.25, 0.3) is 0 Å². The van der Waals surface area contributed by atoms with Gasteiger partial charge >= 0.3 is 0 Å². The number of hydrogen-bond donors (Lipinski definition) is 0. The van der Waals surface area contributed by atoms with Crippen LogP contribution in [-0.2, 0) is 0 Å². The molecule has 0 radical (unpaired) electrons. The first-order valence-corrected chi connectivity index (χ1v) is 6.43. The summed E-state index contributed by atoms with van der Waals surface area (Å²) in [7, 11) is 0. The smallest absolute Gasteiger partial charge is 0.147 e. The first-order valence-electron chi connectivity index (χ1n) is 6.43. The van der Waals surface area contributed by atoms with Crippen LogP contribution >= 0.6 is 0 Å². The monoisotopic (exact) mass is 237 g/mol. The van der Waals surface area contributed by atoms with E-state index in [0.29, 0.717) is 0 Å². The number of anilines is 1. The van der Waals surface area contributed by atoms with Crippen molar-refractivity contribution in [2.24, 2.45) is 0 Å². The van der Waals surface area contributed by atoms with Crippen molar-refractivity contribution in [3.05, 3.63) is 36.0 Å². The Balaban J connectivity index is 2.14. The first kappa shape index (κ1) is 11.0. The normalized spacial score (nSPS) is 15.6. The molecule has 0 unspecified atom stereocenters. The molecule has 0 aliphatic carbocycles. The zero-order valence-corrected chi connectivity index (χ0v) is 10.3. The van der Waals surface area contributed by atoms with Gasteiger partial charge in [0.2, 0.25) is 0 Å². The van der Waals surface area contributed by atoms with Gasteiger partial charge in [0.15, 0.2) is 0 Å². The van der Waals surface area contributed by atoms with E-state index in [1.165, 1.54) is 19.3 Å². The topological polar surface area (TPSA) is 39.9 Å². The highest BCUT2D eigenvalue weighted by molar-refractivity contribution is 5.90. The number of rotatable bonds is 1. The molecule has 2 heterocycles. The largest absolute Gasteiger partial charge is 0.356 e. The fraction of sp³-hybridized carbons (Fsp3) is 0.333. The maximum Gasteiger partial charge on any atom is 0.147 e. The Morgan fingerprint density at radius 2 is 1.89 bits per heavy atom. The third-order valence-electron chi connectivity index (χ3n) is 3.55.